The number of allylic oxidation sites excluding steroid dienone is 1. The van der Waals surface area contributed by atoms with E-state index in [-0.39, 0.29) is 26.3 Å². The highest BCUT2D eigenvalue weighted by Gasteiger charge is 2.90. The normalized spacial score (nSPS) is 18.4. The lowest BCUT2D eigenvalue weighted by Crippen LogP contribution is -2.69. The Morgan fingerprint density at radius 3 is 1.52 bits per heavy atom. The molecule has 1 aliphatic rings. The van der Waals surface area contributed by atoms with Crippen molar-refractivity contribution < 1.29 is 66.6 Å². The van der Waals surface area contributed by atoms with Gasteiger partial charge in [0.2, 0.25) is 5.91 Å². The zero-order valence-corrected chi connectivity index (χ0v) is 13.7. The van der Waals surface area contributed by atoms with Gasteiger partial charge in [0.05, 0.1) is 13.2 Å². The zero-order chi connectivity index (χ0) is 23.1. The standard InChI is InChI=1S/C13H10F13NO2/c14-8(15,2-1-7(28)27-3-5-29-6-4-27)9(16,17)10(18,19)11(20,21)12(22,23)13(24,25)26/h1-2H,3-6H2/b2-1+. The quantitative estimate of drug-likeness (QED) is 0.442. The van der Waals surface area contributed by atoms with Crippen molar-refractivity contribution in [3.63, 3.8) is 0 Å². The maximum absolute atomic E-state index is 13.5. The van der Waals surface area contributed by atoms with Gasteiger partial charge in [0.15, 0.2) is 0 Å². The number of nitrogens with zero attached hydrogens (tertiary/aromatic N) is 1. The van der Waals surface area contributed by atoms with Gasteiger partial charge >= 0.3 is 35.8 Å². The fraction of sp³-hybridized carbons (Fsp3) is 0.769. The molecule has 1 aliphatic heterocycles. The van der Waals surface area contributed by atoms with Crippen LogP contribution in [0.3, 0.4) is 0 Å². The number of alkyl halides is 13. The lowest BCUT2D eigenvalue weighted by atomic mass is 9.93. The summed E-state index contributed by atoms with van der Waals surface area (Å²) in [5.41, 5.74) is 0. The molecule has 0 atom stereocenters. The molecule has 0 N–H and O–H groups in total. The van der Waals surface area contributed by atoms with Gasteiger partial charge in [-0.2, -0.15) is 57.1 Å². The molecule has 0 unspecified atom stereocenters. The number of amides is 1. The van der Waals surface area contributed by atoms with Crippen molar-refractivity contribution in [1.29, 1.82) is 0 Å². The minimum atomic E-state index is -7.97. The molecule has 29 heavy (non-hydrogen) atoms. The van der Waals surface area contributed by atoms with E-state index in [2.05, 4.69) is 0 Å². The Balaban J connectivity index is 3.24. The van der Waals surface area contributed by atoms with E-state index in [1.54, 1.807) is 0 Å². The van der Waals surface area contributed by atoms with Crippen LogP contribution in [0.15, 0.2) is 12.2 Å². The average Bonchev–Trinajstić information content (AvgIpc) is 2.58. The summed E-state index contributed by atoms with van der Waals surface area (Å²) in [5, 5.41) is 0. The number of hydrogen-bond acceptors (Lipinski definition) is 2. The molecule has 0 aromatic carbocycles. The average molecular weight is 459 g/mol. The minimum Gasteiger partial charge on any atom is -0.378 e. The van der Waals surface area contributed by atoms with Gasteiger partial charge in [-0.3, -0.25) is 4.79 Å². The van der Waals surface area contributed by atoms with Crippen LogP contribution >= 0.6 is 0 Å². The Hall–Kier alpha value is -1.74. The monoisotopic (exact) mass is 459 g/mol. The number of halogens is 13. The van der Waals surface area contributed by atoms with Gasteiger partial charge in [-0.25, -0.2) is 0 Å². The van der Waals surface area contributed by atoms with Crippen LogP contribution in [0.25, 0.3) is 0 Å². The molecule has 16 heteroatoms. The Labute approximate surface area is 153 Å². The second kappa shape index (κ2) is 7.50. The minimum absolute atomic E-state index is 0.108. The molecule has 1 rings (SSSR count). The first-order valence-electron chi connectivity index (χ1n) is 7.25. The van der Waals surface area contributed by atoms with Crippen LogP contribution in [0.2, 0.25) is 0 Å². The number of carbonyl (C=O) groups is 1. The molecule has 0 bridgehead atoms. The van der Waals surface area contributed by atoms with E-state index in [9.17, 15) is 61.9 Å². The predicted molar refractivity (Wildman–Crippen MR) is 67.3 cm³/mol. The smallest absolute Gasteiger partial charge is 0.378 e. The van der Waals surface area contributed by atoms with Gasteiger partial charge in [0, 0.05) is 19.2 Å². The summed E-state index contributed by atoms with van der Waals surface area (Å²) in [5.74, 6) is -39.0. The summed E-state index contributed by atoms with van der Waals surface area (Å²) in [6, 6.07) is 0. The van der Waals surface area contributed by atoms with Crippen molar-refractivity contribution >= 4 is 5.91 Å². The van der Waals surface area contributed by atoms with Gasteiger partial charge in [-0.1, -0.05) is 0 Å². The molecule has 0 aromatic rings. The highest BCUT2D eigenvalue weighted by molar-refractivity contribution is 5.87. The van der Waals surface area contributed by atoms with Crippen LogP contribution in [0.4, 0.5) is 57.1 Å². The van der Waals surface area contributed by atoms with E-state index < -0.39 is 53.8 Å². The van der Waals surface area contributed by atoms with Crippen LogP contribution in [0, 0.1) is 0 Å². The molecule has 0 saturated carbocycles. The third-order valence-electron chi connectivity index (χ3n) is 3.72. The maximum atomic E-state index is 13.5. The molecule has 0 aromatic heterocycles. The van der Waals surface area contributed by atoms with Crippen LogP contribution < -0.4 is 0 Å². The lowest BCUT2D eigenvalue weighted by molar-refractivity contribution is -0.436. The summed E-state index contributed by atoms with van der Waals surface area (Å²) in [7, 11) is 0. The lowest BCUT2D eigenvalue weighted by Gasteiger charge is -2.39. The summed E-state index contributed by atoms with van der Waals surface area (Å²) >= 11 is 0. The summed E-state index contributed by atoms with van der Waals surface area (Å²) in [6.07, 6.45) is -9.16. The predicted octanol–water partition coefficient (Wildman–Crippen LogP) is 4.14. The van der Waals surface area contributed by atoms with Crippen molar-refractivity contribution in [3.05, 3.63) is 12.2 Å². The highest BCUT2D eigenvalue weighted by atomic mass is 19.4. The fourth-order valence-electron chi connectivity index (χ4n) is 1.95. The van der Waals surface area contributed by atoms with E-state index in [0.29, 0.717) is 4.90 Å². The van der Waals surface area contributed by atoms with Gasteiger partial charge in [0.1, 0.15) is 0 Å². The second-order valence-corrected chi connectivity index (χ2v) is 5.69. The molecule has 0 aliphatic carbocycles. The van der Waals surface area contributed by atoms with Crippen LogP contribution in [-0.2, 0) is 9.53 Å². The van der Waals surface area contributed by atoms with Gasteiger partial charge in [-0.05, 0) is 6.08 Å². The molecular formula is C13H10F13NO2. The Kier molecular flexibility index (Phi) is 6.54. The third-order valence-corrected chi connectivity index (χ3v) is 3.72. The van der Waals surface area contributed by atoms with E-state index in [0.717, 1.165) is 0 Å². The number of rotatable bonds is 6. The van der Waals surface area contributed by atoms with E-state index >= 15 is 0 Å². The summed E-state index contributed by atoms with van der Waals surface area (Å²) in [4.78, 5) is 12.2. The van der Waals surface area contributed by atoms with Crippen LogP contribution in [0.5, 0.6) is 0 Å². The SMILES string of the molecule is O=C(/C=C/C(F)(F)C(F)(F)C(F)(F)C(F)(F)C(F)(F)C(F)(F)F)N1CCOCC1. The fourth-order valence-corrected chi connectivity index (χ4v) is 1.95. The van der Waals surface area contributed by atoms with Gasteiger partial charge < -0.3 is 9.64 Å². The van der Waals surface area contributed by atoms with E-state index in [4.69, 9.17) is 4.74 Å². The number of ether oxygens (including phenoxy) is 1. The Morgan fingerprint density at radius 2 is 1.10 bits per heavy atom. The van der Waals surface area contributed by atoms with Crippen molar-refractivity contribution in [2.75, 3.05) is 26.3 Å². The number of hydrogen-bond donors (Lipinski definition) is 0. The van der Waals surface area contributed by atoms with E-state index in [1.807, 2.05) is 0 Å². The topological polar surface area (TPSA) is 29.5 Å². The Bertz CT molecular complexity index is 635. The molecule has 1 saturated heterocycles. The largest absolute Gasteiger partial charge is 0.460 e. The highest BCUT2D eigenvalue weighted by Crippen LogP contribution is 2.60. The maximum Gasteiger partial charge on any atom is 0.460 e. The third kappa shape index (κ3) is 4.12. The zero-order valence-electron chi connectivity index (χ0n) is 13.7. The van der Waals surface area contributed by atoms with Crippen molar-refractivity contribution in [2.24, 2.45) is 0 Å². The second-order valence-electron chi connectivity index (χ2n) is 5.69. The van der Waals surface area contributed by atoms with Crippen molar-refractivity contribution in [1.82, 2.24) is 4.90 Å². The van der Waals surface area contributed by atoms with Crippen molar-refractivity contribution in [3.8, 4) is 0 Å². The molecule has 0 spiro atoms. The van der Waals surface area contributed by atoms with Crippen molar-refractivity contribution in [2.45, 2.75) is 35.8 Å². The molecule has 1 heterocycles. The molecule has 1 amide bonds. The van der Waals surface area contributed by atoms with E-state index in [1.165, 1.54) is 0 Å². The summed E-state index contributed by atoms with van der Waals surface area (Å²) < 4.78 is 172. The van der Waals surface area contributed by atoms with Crippen LogP contribution in [-0.4, -0.2) is 72.9 Å². The summed E-state index contributed by atoms with van der Waals surface area (Å²) in [6.45, 7) is -0.694. The molecule has 170 valence electrons. The first-order chi connectivity index (χ1) is 12.7. The van der Waals surface area contributed by atoms with Gasteiger partial charge in [0.25, 0.3) is 0 Å². The molecule has 1 fully saturated rings. The van der Waals surface area contributed by atoms with Gasteiger partial charge in [-0.15, -0.1) is 0 Å². The van der Waals surface area contributed by atoms with Crippen LogP contribution in [0.1, 0.15) is 0 Å². The number of morpholine rings is 1. The molecular weight excluding hydrogens is 449 g/mol. The number of carbonyl (C=O) groups excluding carboxylic acids is 1. The Morgan fingerprint density at radius 1 is 0.690 bits per heavy atom. The molecule has 3 nitrogen and oxygen atoms in total. The first-order valence-corrected chi connectivity index (χ1v) is 7.25. The molecule has 0 radical (unpaired) electrons. The first kappa shape index (κ1) is 25.3.